The van der Waals surface area contributed by atoms with Crippen LogP contribution in [0.5, 0.6) is 0 Å². The Labute approximate surface area is 118 Å². The molecule has 0 radical (unpaired) electrons. The van der Waals surface area contributed by atoms with Crippen LogP contribution in [0.2, 0.25) is 0 Å². The molecular formula is C15H20N2O3. The van der Waals surface area contributed by atoms with Crippen molar-refractivity contribution in [1.82, 2.24) is 10.9 Å². The van der Waals surface area contributed by atoms with Crippen LogP contribution in [0.4, 0.5) is 0 Å². The Bertz CT molecular complexity index is 490. The van der Waals surface area contributed by atoms with Crippen LogP contribution in [0.1, 0.15) is 48.5 Å². The van der Waals surface area contributed by atoms with E-state index in [0.29, 0.717) is 18.4 Å². The summed E-state index contributed by atoms with van der Waals surface area (Å²) in [7, 11) is 0. The quantitative estimate of drug-likeness (QED) is 0.728. The second kappa shape index (κ2) is 6.05. The molecule has 1 saturated carbocycles. The highest BCUT2D eigenvalue weighted by atomic mass is 16.3. The van der Waals surface area contributed by atoms with Crippen LogP contribution in [-0.2, 0) is 11.2 Å². The number of aryl methyl sites for hydroxylation is 1. The maximum absolute atomic E-state index is 11.9. The lowest BCUT2D eigenvalue weighted by Crippen LogP contribution is -2.52. The molecule has 5 nitrogen and oxygen atoms in total. The lowest BCUT2D eigenvalue weighted by Gasteiger charge is -2.20. The maximum Gasteiger partial charge on any atom is 0.270 e. The Morgan fingerprint density at radius 2 is 1.75 bits per heavy atom. The maximum atomic E-state index is 11.9. The molecule has 0 aromatic heterocycles. The molecule has 1 aromatic carbocycles. The number of benzene rings is 1. The number of carbonyl (C=O) groups excluding carboxylic acids is 2. The zero-order valence-corrected chi connectivity index (χ0v) is 11.6. The first-order valence-electron chi connectivity index (χ1n) is 6.97. The third-order valence-corrected chi connectivity index (χ3v) is 3.77. The topological polar surface area (TPSA) is 78.4 Å². The van der Waals surface area contributed by atoms with E-state index in [4.69, 9.17) is 0 Å². The van der Waals surface area contributed by atoms with E-state index < -0.39 is 11.5 Å². The predicted molar refractivity (Wildman–Crippen MR) is 74.8 cm³/mol. The number of hydrogen-bond donors (Lipinski definition) is 3. The van der Waals surface area contributed by atoms with Gasteiger partial charge in [-0.2, -0.15) is 0 Å². The number of carbonyl (C=O) groups is 2. The summed E-state index contributed by atoms with van der Waals surface area (Å²) in [4.78, 5) is 23.7. The highest BCUT2D eigenvalue weighted by Crippen LogP contribution is 2.29. The Balaban J connectivity index is 1.89. The minimum Gasteiger partial charge on any atom is -0.380 e. The van der Waals surface area contributed by atoms with Crippen molar-refractivity contribution in [3.05, 3.63) is 35.4 Å². The van der Waals surface area contributed by atoms with Crippen LogP contribution in [0.25, 0.3) is 0 Å². The van der Waals surface area contributed by atoms with Gasteiger partial charge in [-0.25, -0.2) is 0 Å². The van der Waals surface area contributed by atoms with Crippen LogP contribution in [-0.4, -0.2) is 22.5 Å². The molecule has 0 unspecified atom stereocenters. The lowest BCUT2D eigenvalue weighted by molar-refractivity contribution is -0.139. The van der Waals surface area contributed by atoms with E-state index in [-0.39, 0.29) is 5.91 Å². The molecule has 0 bridgehead atoms. The molecule has 2 amide bonds. The van der Waals surface area contributed by atoms with Gasteiger partial charge in [-0.15, -0.1) is 0 Å². The summed E-state index contributed by atoms with van der Waals surface area (Å²) in [5, 5.41) is 10.0. The first kappa shape index (κ1) is 14.5. The molecule has 1 fully saturated rings. The third kappa shape index (κ3) is 3.17. The summed E-state index contributed by atoms with van der Waals surface area (Å²) in [6, 6.07) is 7.18. The van der Waals surface area contributed by atoms with E-state index in [1.54, 1.807) is 12.1 Å². The Hall–Kier alpha value is -1.88. The van der Waals surface area contributed by atoms with Crippen molar-refractivity contribution in [1.29, 1.82) is 0 Å². The fourth-order valence-electron chi connectivity index (χ4n) is 2.38. The second-order valence-corrected chi connectivity index (χ2v) is 5.20. The molecule has 108 valence electrons. The van der Waals surface area contributed by atoms with Crippen molar-refractivity contribution in [2.24, 2.45) is 0 Å². The molecule has 2 rings (SSSR count). The van der Waals surface area contributed by atoms with Crippen molar-refractivity contribution in [2.45, 2.75) is 44.6 Å². The van der Waals surface area contributed by atoms with Crippen molar-refractivity contribution in [3.63, 3.8) is 0 Å². The number of aliphatic hydroxyl groups is 1. The molecule has 0 heterocycles. The van der Waals surface area contributed by atoms with Crippen molar-refractivity contribution < 1.29 is 14.7 Å². The Morgan fingerprint density at radius 3 is 2.30 bits per heavy atom. The summed E-state index contributed by atoms with van der Waals surface area (Å²) in [5.41, 5.74) is 4.93. The van der Waals surface area contributed by atoms with E-state index in [9.17, 15) is 14.7 Å². The van der Waals surface area contributed by atoms with Crippen LogP contribution in [0.15, 0.2) is 24.3 Å². The van der Waals surface area contributed by atoms with E-state index in [1.165, 1.54) is 0 Å². The summed E-state index contributed by atoms with van der Waals surface area (Å²) in [6.45, 7) is 2.04. The van der Waals surface area contributed by atoms with Crippen molar-refractivity contribution >= 4 is 11.8 Å². The van der Waals surface area contributed by atoms with Gasteiger partial charge in [0.05, 0.1) is 0 Å². The first-order valence-corrected chi connectivity index (χ1v) is 6.97. The molecule has 1 aliphatic rings. The molecule has 5 heteroatoms. The fraction of sp³-hybridized carbons (Fsp3) is 0.467. The molecule has 0 atom stereocenters. The SMILES string of the molecule is CCc1ccc(C(=O)NNC(=O)C2(O)CCCC2)cc1. The molecular weight excluding hydrogens is 256 g/mol. The van der Waals surface area contributed by atoms with Crippen molar-refractivity contribution in [3.8, 4) is 0 Å². The van der Waals surface area contributed by atoms with Gasteiger partial charge in [0.15, 0.2) is 0 Å². The molecule has 0 aliphatic heterocycles. The largest absolute Gasteiger partial charge is 0.380 e. The van der Waals surface area contributed by atoms with Crippen LogP contribution in [0, 0.1) is 0 Å². The number of nitrogens with one attached hydrogen (secondary N) is 2. The van der Waals surface area contributed by atoms with Gasteiger partial charge in [0.25, 0.3) is 11.8 Å². The monoisotopic (exact) mass is 276 g/mol. The average molecular weight is 276 g/mol. The smallest absolute Gasteiger partial charge is 0.270 e. The average Bonchev–Trinajstić information content (AvgIpc) is 2.92. The Kier molecular flexibility index (Phi) is 4.39. The zero-order chi connectivity index (χ0) is 14.6. The van der Waals surface area contributed by atoms with Gasteiger partial charge in [-0.1, -0.05) is 19.1 Å². The standard InChI is InChI=1S/C15H20N2O3/c1-2-11-5-7-12(8-6-11)13(18)16-17-14(19)15(20)9-3-4-10-15/h5-8,20H,2-4,9-10H2,1H3,(H,16,18)(H,17,19). The van der Waals surface area contributed by atoms with Crippen LogP contribution in [0.3, 0.4) is 0 Å². The number of rotatable bonds is 3. The summed E-state index contributed by atoms with van der Waals surface area (Å²) >= 11 is 0. The van der Waals surface area contributed by atoms with E-state index in [1.807, 2.05) is 19.1 Å². The van der Waals surface area contributed by atoms with Gasteiger partial charge in [0, 0.05) is 5.56 Å². The van der Waals surface area contributed by atoms with Crippen LogP contribution < -0.4 is 10.9 Å². The molecule has 1 aliphatic carbocycles. The first-order chi connectivity index (χ1) is 9.55. The minimum atomic E-state index is -1.33. The van der Waals surface area contributed by atoms with Crippen molar-refractivity contribution in [2.75, 3.05) is 0 Å². The summed E-state index contributed by atoms with van der Waals surface area (Å²) in [6.07, 6.45) is 3.46. The van der Waals surface area contributed by atoms with E-state index in [0.717, 1.165) is 24.8 Å². The van der Waals surface area contributed by atoms with Gasteiger partial charge in [0.1, 0.15) is 5.60 Å². The highest BCUT2D eigenvalue weighted by Gasteiger charge is 2.38. The van der Waals surface area contributed by atoms with Gasteiger partial charge >= 0.3 is 0 Å². The lowest BCUT2D eigenvalue weighted by atomic mass is 10.0. The molecule has 0 saturated heterocycles. The normalized spacial score (nSPS) is 16.7. The fourth-order valence-corrected chi connectivity index (χ4v) is 2.38. The number of hydrogen-bond acceptors (Lipinski definition) is 3. The second-order valence-electron chi connectivity index (χ2n) is 5.20. The molecule has 1 aromatic rings. The summed E-state index contributed by atoms with van der Waals surface area (Å²) < 4.78 is 0. The summed E-state index contributed by atoms with van der Waals surface area (Å²) in [5.74, 6) is -0.920. The molecule has 20 heavy (non-hydrogen) atoms. The Morgan fingerprint density at radius 1 is 1.15 bits per heavy atom. The number of hydrazine groups is 1. The van der Waals surface area contributed by atoms with Gasteiger partial charge in [-0.05, 0) is 49.8 Å². The predicted octanol–water partition coefficient (Wildman–Crippen LogP) is 1.32. The van der Waals surface area contributed by atoms with Gasteiger partial charge < -0.3 is 5.11 Å². The van der Waals surface area contributed by atoms with Gasteiger partial charge in [0.2, 0.25) is 0 Å². The number of amides is 2. The molecule has 0 spiro atoms. The third-order valence-electron chi connectivity index (χ3n) is 3.77. The molecule has 3 N–H and O–H groups in total. The van der Waals surface area contributed by atoms with Crippen LogP contribution >= 0.6 is 0 Å². The zero-order valence-electron chi connectivity index (χ0n) is 11.6. The van der Waals surface area contributed by atoms with Gasteiger partial charge in [-0.3, -0.25) is 20.4 Å². The van der Waals surface area contributed by atoms with E-state index >= 15 is 0 Å². The minimum absolute atomic E-state index is 0.386. The highest BCUT2D eigenvalue weighted by molar-refractivity contribution is 5.96. The van der Waals surface area contributed by atoms with E-state index in [2.05, 4.69) is 10.9 Å².